The van der Waals surface area contributed by atoms with Crippen molar-refractivity contribution in [1.82, 2.24) is 0 Å². The lowest BCUT2D eigenvalue weighted by molar-refractivity contribution is -0.339. The molecule has 262 valence electrons. The maximum Gasteiger partial charge on any atom is 0.338 e. The van der Waals surface area contributed by atoms with Gasteiger partial charge in [0.05, 0.1) is 49.3 Å². The molecule has 2 heterocycles. The van der Waals surface area contributed by atoms with Gasteiger partial charge in [-0.1, -0.05) is 93.6 Å². The van der Waals surface area contributed by atoms with Crippen LogP contribution in [0.25, 0.3) is 0 Å². The Morgan fingerprint density at radius 1 is 0.735 bits per heavy atom. The lowest BCUT2D eigenvalue weighted by atomic mass is 9.85. The van der Waals surface area contributed by atoms with E-state index < -0.39 is 61.0 Å². The molecular weight excluding hydrogens is 628 g/mol. The Morgan fingerprint density at radius 2 is 1.31 bits per heavy atom. The predicted octanol–water partition coefficient (Wildman–Crippen LogP) is 5.59. The first-order valence-electron chi connectivity index (χ1n) is 16.7. The first kappa shape index (κ1) is 36.4. The van der Waals surface area contributed by atoms with Crippen molar-refractivity contribution >= 4 is 11.9 Å². The maximum absolute atomic E-state index is 13.4. The number of benzene rings is 3. The fraction of sp³-hybridized carbons (Fsp3) is 0.436. The molecule has 2 saturated heterocycles. The van der Waals surface area contributed by atoms with Gasteiger partial charge < -0.3 is 38.3 Å². The standard InChI is InChI=1S/C39H46O10/c1-5-21-44-39-35(48-37(42)30-19-13-8-14-20-30)34(26(3)31(47-39)23-43-22-28-15-9-6-10-16-28)49-38-27(4)33(40)25(2)32(46-38)24-45-36(41)29-17-11-7-12-18-29/h5-20,25-27,31-35,38-40H,1,21-24H2,2-4H3/t25?,26-,27?,31?,32?,33?,34-,35?,38?,39+/m0/s1. The smallest absolute Gasteiger partial charge is 0.338 e. The van der Waals surface area contributed by atoms with Crippen molar-refractivity contribution in [2.24, 2.45) is 17.8 Å². The van der Waals surface area contributed by atoms with E-state index in [1.165, 1.54) is 0 Å². The van der Waals surface area contributed by atoms with Gasteiger partial charge in [-0.25, -0.2) is 9.59 Å². The molecule has 10 nitrogen and oxygen atoms in total. The Balaban J connectivity index is 1.37. The van der Waals surface area contributed by atoms with Crippen molar-refractivity contribution in [1.29, 1.82) is 0 Å². The summed E-state index contributed by atoms with van der Waals surface area (Å²) in [7, 11) is 0. The topological polar surface area (TPSA) is 119 Å². The van der Waals surface area contributed by atoms with Gasteiger partial charge in [-0.15, -0.1) is 6.58 Å². The molecule has 1 N–H and O–H groups in total. The molecule has 3 aromatic carbocycles. The molecule has 2 aliphatic heterocycles. The zero-order chi connectivity index (χ0) is 34.8. The van der Waals surface area contributed by atoms with Crippen molar-refractivity contribution in [2.45, 2.75) is 70.5 Å². The third kappa shape index (κ3) is 9.42. The Morgan fingerprint density at radius 3 is 1.94 bits per heavy atom. The molecule has 2 fully saturated rings. The first-order valence-corrected chi connectivity index (χ1v) is 16.7. The number of esters is 2. The molecule has 10 atom stereocenters. The third-order valence-corrected chi connectivity index (χ3v) is 9.11. The average Bonchev–Trinajstić information content (AvgIpc) is 3.13. The Bertz CT molecular complexity index is 1470. The summed E-state index contributed by atoms with van der Waals surface area (Å²) < 4.78 is 43.3. The quantitative estimate of drug-likeness (QED) is 0.171. The Labute approximate surface area is 287 Å². The molecule has 0 bridgehead atoms. The molecule has 0 spiro atoms. The predicted molar refractivity (Wildman–Crippen MR) is 180 cm³/mol. The van der Waals surface area contributed by atoms with E-state index in [4.69, 9.17) is 33.2 Å². The van der Waals surface area contributed by atoms with Gasteiger partial charge in [0, 0.05) is 17.8 Å². The van der Waals surface area contributed by atoms with E-state index in [1.807, 2.05) is 63.2 Å². The number of rotatable bonds is 14. The molecular formula is C39H46O10. The minimum absolute atomic E-state index is 0.0880. The van der Waals surface area contributed by atoms with E-state index in [0.29, 0.717) is 17.7 Å². The Kier molecular flexibility index (Phi) is 13.1. The highest BCUT2D eigenvalue weighted by molar-refractivity contribution is 5.89. The van der Waals surface area contributed by atoms with E-state index in [1.54, 1.807) is 54.6 Å². The normalized spacial score (nSPS) is 29.9. The summed E-state index contributed by atoms with van der Waals surface area (Å²) in [6.07, 6.45) is -4.22. The fourth-order valence-electron chi connectivity index (χ4n) is 6.08. The van der Waals surface area contributed by atoms with Crippen LogP contribution in [0.2, 0.25) is 0 Å². The van der Waals surface area contributed by atoms with Crippen molar-refractivity contribution in [3.63, 3.8) is 0 Å². The molecule has 49 heavy (non-hydrogen) atoms. The number of hydrogen-bond donors (Lipinski definition) is 1. The molecule has 0 amide bonds. The van der Waals surface area contributed by atoms with Gasteiger partial charge in [-0.3, -0.25) is 0 Å². The highest BCUT2D eigenvalue weighted by Gasteiger charge is 2.51. The molecule has 0 aromatic heterocycles. The monoisotopic (exact) mass is 674 g/mol. The summed E-state index contributed by atoms with van der Waals surface area (Å²) in [4.78, 5) is 26.1. The number of hydrogen-bond acceptors (Lipinski definition) is 10. The van der Waals surface area contributed by atoms with Gasteiger partial charge in [0.1, 0.15) is 12.7 Å². The van der Waals surface area contributed by atoms with Crippen LogP contribution in [0.3, 0.4) is 0 Å². The van der Waals surface area contributed by atoms with Crippen LogP contribution in [-0.2, 0) is 39.8 Å². The zero-order valence-corrected chi connectivity index (χ0v) is 28.2. The Hall–Kier alpha value is -3.90. The summed E-state index contributed by atoms with van der Waals surface area (Å²) in [5.74, 6) is -2.28. The van der Waals surface area contributed by atoms with Crippen LogP contribution in [-0.4, -0.2) is 80.0 Å². The van der Waals surface area contributed by atoms with Gasteiger partial charge in [-0.2, -0.15) is 0 Å². The number of carbonyl (C=O) groups is 2. The largest absolute Gasteiger partial charge is 0.459 e. The van der Waals surface area contributed by atoms with Gasteiger partial charge in [0.2, 0.25) is 0 Å². The van der Waals surface area contributed by atoms with E-state index in [-0.39, 0.29) is 31.7 Å². The van der Waals surface area contributed by atoms with E-state index in [9.17, 15) is 14.7 Å². The molecule has 2 aliphatic rings. The third-order valence-electron chi connectivity index (χ3n) is 9.11. The number of carbonyl (C=O) groups excluding carboxylic acids is 2. The first-order chi connectivity index (χ1) is 23.8. The summed E-state index contributed by atoms with van der Waals surface area (Å²) in [5.41, 5.74) is 1.79. The summed E-state index contributed by atoms with van der Waals surface area (Å²) in [5, 5.41) is 11.3. The van der Waals surface area contributed by atoms with Crippen LogP contribution in [0.15, 0.2) is 104 Å². The lowest BCUT2D eigenvalue weighted by Crippen LogP contribution is -2.61. The highest BCUT2D eigenvalue weighted by atomic mass is 16.7. The fourth-order valence-corrected chi connectivity index (χ4v) is 6.08. The van der Waals surface area contributed by atoms with Crippen LogP contribution in [0.1, 0.15) is 47.1 Å². The summed E-state index contributed by atoms with van der Waals surface area (Å²) in [6.45, 7) is 10.00. The molecule has 10 heteroatoms. The minimum Gasteiger partial charge on any atom is -0.459 e. The molecule has 5 rings (SSSR count). The second-order valence-electron chi connectivity index (χ2n) is 12.6. The van der Waals surface area contributed by atoms with Gasteiger partial charge in [0.15, 0.2) is 18.7 Å². The van der Waals surface area contributed by atoms with Crippen molar-refractivity contribution in [3.8, 4) is 0 Å². The second-order valence-corrected chi connectivity index (χ2v) is 12.6. The van der Waals surface area contributed by atoms with E-state index in [0.717, 1.165) is 5.56 Å². The molecule has 0 aliphatic carbocycles. The highest BCUT2D eigenvalue weighted by Crippen LogP contribution is 2.37. The van der Waals surface area contributed by atoms with Gasteiger partial charge in [0.25, 0.3) is 0 Å². The summed E-state index contributed by atoms with van der Waals surface area (Å²) in [6, 6.07) is 27.1. The van der Waals surface area contributed by atoms with Crippen LogP contribution < -0.4 is 0 Å². The molecule has 0 radical (unpaired) electrons. The molecule has 3 aromatic rings. The second kappa shape index (κ2) is 17.7. The SMILES string of the molecule is C=CCO[C@@H]1OC(COCc2ccccc2)[C@H](C)[C@H](OC2OC(COC(=O)c3ccccc3)C(C)C(O)C2C)C1OC(=O)c1ccccc1. The lowest BCUT2D eigenvalue weighted by Gasteiger charge is -2.48. The van der Waals surface area contributed by atoms with E-state index >= 15 is 0 Å². The van der Waals surface area contributed by atoms with Crippen molar-refractivity contribution in [3.05, 3.63) is 120 Å². The van der Waals surface area contributed by atoms with E-state index in [2.05, 4.69) is 6.58 Å². The van der Waals surface area contributed by atoms with Crippen LogP contribution in [0, 0.1) is 17.8 Å². The molecule has 7 unspecified atom stereocenters. The number of aliphatic hydroxyl groups excluding tert-OH is 1. The van der Waals surface area contributed by atoms with Crippen LogP contribution >= 0.6 is 0 Å². The summed E-state index contributed by atoms with van der Waals surface area (Å²) >= 11 is 0. The van der Waals surface area contributed by atoms with Crippen molar-refractivity contribution < 1.29 is 47.9 Å². The molecule has 0 saturated carbocycles. The van der Waals surface area contributed by atoms with Gasteiger partial charge >= 0.3 is 11.9 Å². The minimum atomic E-state index is -1.03. The number of aliphatic hydroxyl groups is 1. The zero-order valence-electron chi connectivity index (χ0n) is 28.2. The average molecular weight is 675 g/mol. The maximum atomic E-state index is 13.4. The van der Waals surface area contributed by atoms with Crippen LogP contribution in [0.4, 0.5) is 0 Å². The number of ether oxygens (including phenoxy) is 7. The van der Waals surface area contributed by atoms with Crippen molar-refractivity contribution in [2.75, 3.05) is 19.8 Å². The van der Waals surface area contributed by atoms with Gasteiger partial charge in [-0.05, 0) is 29.8 Å². The van der Waals surface area contributed by atoms with Crippen LogP contribution in [0.5, 0.6) is 0 Å².